The van der Waals surface area contributed by atoms with Crippen LogP contribution in [0.15, 0.2) is 43.8 Å². The lowest BCUT2D eigenvalue weighted by Crippen LogP contribution is -2.39. The van der Waals surface area contributed by atoms with Crippen LogP contribution >= 0.6 is 27.3 Å². The number of nitrogens with one attached hydrogen (secondary N) is 2. The second-order valence-corrected chi connectivity index (χ2v) is 6.50. The fourth-order valence-electron chi connectivity index (χ4n) is 2.09. The molecule has 0 saturated heterocycles. The number of hydrogen-bond donors (Lipinski definition) is 2. The monoisotopic (exact) mass is 394 g/mol. The van der Waals surface area contributed by atoms with Crippen LogP contribution in [0.3, 0.4) is 0 Å². The predicted octanol–water partition coefficient (Wildman–Crippen LogP) is 1.34. The maximum atomic E-state index is 12.3. The zero-order valence-electron chi connectivity index (χ0n) is 11.7. The molecule has 0 atom stereocenters. The Balaban J connectivity index is 1.76. The van der Waals surface area contributed by atoms with Crippen molar-refractivity contribution in [3.8, 4) is 0 Å². The van der Waals surface area contributed by atoms with Gasteiger partial charge in [0, 0.05) is 29.1 Å². The molecule has 2 N–H and O–H groups in total. The molecule has 9 heteroatoms. The number of hydrogen-bond acceptors (Lipinski definition) is 5. The summed E-state index contributed by atoms with van der Waals surface area (Å²) < 4.78 is 1.89. The highest BCUT2D eigenvalue weighted by atomic mass is 79.9. The third kappa shape index (κ3) is 3.25. The number of amides is 1. The smallest absolute Gasteiger partial charge is 0.330 e. The van der Waals surface area contributed by atoms with Crippen LogP contribution in [0.4, 0.5) is 0 Å². The highest BCUT2D eigenvalue weighted by Gasteiger charge is 2.10. The van der Waals surface area contributed by atoms with Crippen molar-refractivity contribution in [2.45, 2.75) is 6.54 Å². The van der Waals surface area contributed by atoms with Gasteiger partial charge in [0.25, 0.3) is 11.5 Å². The molecule has 1 amide bonds. The summed E-state index contributed by atoms with van der Waals surface area (Å²) in [6, 6.07) is 4.93. The van der Waals surface area contributed by atoms with Crippen molar-refractivity contribution < 1.29 is 4.79 Å². The summed E-state index contributed by atoms with van der Waals surface area (Å²) >= 11 is 4.59. The summed E-state index contributed by atoms with van der Waals surface area (Å²) in [4.78, 5) is 43.2. The van der Waals surface area contributed by atoms with E-state index in [9.17, 15) is 14.4 Å². The molecular weight excluding hydrogens is 384 g/mol. The number of rotatable bonds is 4. The van der Waals surface area contributed by atoms with Crippen molar-refractivity contribution in [3.63, 3.8) is 0 Å². The van der Waals surface area contributed by atoms with Crippen LogP contribution in [0.2, 0.25) is 0 Å². The Morgan fingerprint density at radius 1 is 1.43 bits per heavy atom. The Labute approximate surface area is 142 Å². The summed E-state index contributed by atoms with van der Waals surface area (Å²) in [5.41, 5.74) is -0.717. The van der Waals surface area contributed by atoms with Gasteiger partial charge in [0.05, 0.1) is 10.3 Å². The summed E-state index contributed by atoms with van der Waals surface area (Å²) in [5, 5.41) is 4.83. The van der Waals surface area contributed by atoms with Crippen LogP contribution in [-0.4, -0.2) is 27.0 Å². The van der Waals surface area contributed by atoms with E-state index in [0.29, 0.717) is 10.3 Å². The zero-order chi connectivity index (χ0) is 16.4. The van der Waals surface area contributed by atoms with E-state index in [1.807, 2.05) is 0 Å². The lowest BCUT2D eigenvalue weighted by atomic mass is 10.3. The van der Waals surface area contributed by atoms with E-state index < -0.39 is 11.2 Å². The van der Waals surface area contributed by atoms with Crippen LogP contribution in [0, 0.1) is 0 Å². The van der Waals surface area contributed by atoms with Gasteiger partial charge < -0.3 is 5.32 Å². The Morgan fingerprint density at radius 3 is 3.00 bits per heavy atom. The van der Waals surface area contributed by atoms with E-state index in [0.717, 1.165) is 9.04 Å². The largest absolute Gasteiger partial charge is 0.350 e. The van der Waals surface area contributed by atoms with Crippen LogP contribution in [-0.2, 0) is 6.54 Å². The molecule has 0 saturated carbocycles. The number of halogens is 1. The summed E-state index contributed by atoms with van der Waals surface area (Å²) in [6.07, 6.45) is 1.50. The Hall–Kier alpha value is -2.26. The van der Waals surface area contributed by atoms with Gasteiger partial charge in [0.1, 0.15) is 5.65 Å². The fourth-order valence-corrected chi connectivity index (χ4v) is 3.43. The first kappa shape index (κ1) is 15.6. The van der Waals surface area contributed by atoms with Gasteiger partial charge >= 0.3 is 5.69 Å². The lowest BCUT2D eigenvalue weighted by molar-refractivity contribution is 0.0956. The number of H-pyrrole nitrogens is 1. The van der Waals surface area contributed by atoms with Crippen molar-refractivity contribution in [1.82, 2.24) is 19.9 Å². The lowest BCUT2D eigenvalue weighted by Gasteiger charge is -2.07. The van der Waals surface area contributed by atoms with Crippen LogP contribution < -0.4 is 16.6 Å². The molecular formula is C14H11BrN4O3S. The summed E-state index contributed by atoms with van der Waals surface area (Å²) in [5.74, 6) is -0.243. The van der Waals surface area contributed by atoms with E-state index in [-0.39, 0.29) is 24.6 Å². The average Bonchev–Trinajstić information content (AvgIpc) is 2.97. The molecule has 0 aromatic carbocycles. The minimum atomic E-state index is -0.547. The Kier molecular flexibility index (Phi) is 4.39. The first-order valence-electron chi connectivity index (χ1n) is 6.66. The molecule has 7 nitrogen and oxygen atoms in total. The molecule has 0 bridgehead atoms. The number of fused-ring (bicyclic) bond motifs is 1. The Morgan fingerprint density at radius 2 is 2.26 bits per heavy atom. The number of thiophene rings is 1. The second kappa shape index (κ2) is 6.47. The molecule has 0 aliphatic carbocycles. The summed E-state index contributed by atoms with van der Waals surface area (Å²) in [6.45, 7) is 0.250. The first-order valence-corrected chi connectivity index (χ1v) is 8.33. The predicted molar refractivity (Wildman–Crippen MR) is 91.0 cm³/mol. The molecule has 23 heavy (non-hydrogen) atoms. The van der Waals surface area contributed by atoms with E-state index in [2.05, 4.69) is 31.2 Å². The van der Waals surface area contributed by atoms with Gasteiger partial charge in [0.15, 0.2) is 0 Å². The molecule has 3 aromatic heterocycles. The number of carbonyl (C=O) groups excluding carboxylic acids is 1. The van der Waals surface area contributed by atoms with Gasteiger partial charge in [0.2, 0.25) is 0 Å². The topological polar surface area (TPSA) is 96.8 Å². The number of aromatic nitrogens is 3. The Bertz CT molecular complexity index is 991. The van der Waals surface area contributed by atoms with E-state index in [1.165, 1.54) is 17.5 Å². The molecule has 3 rings (SSSR count). The third-order valence-electron chi connectivity index (χ3n) is 3.17. The van der Waals surface area contributed by atoms with Gasteiger partial charge in [-0.3, -0.25) is 19.1 Å². The maximum Gasteiger partial charge on any atom is 0.330 e. The molecule has 3 aromatic rings. The minimum absolute atomic E-state index is 0.0806. The first-order chi connectivity index (χ1) is 11.1. The van der Waals surface area contributed by atoms with E-state index >= 15 is 0 Å². The normalized spacial score (nSPS) is 10.8. The second-order valence-electron chi connectivity index (χ2n) is 4.67. The molecule has 0 spiro atoms. The highest BCUT2D eigenvalue weighted by Crippen LogP contribution is 2.19. The van der Waals surface area contributed by atoms with Gasteiger partial charge in [-0.1, -0.05) is 0 Å². The number of aromatic amines is 1. The minimum Gasteiger partial charge on any atom is -0.350 e. The van der Waals surface area contributed by atoms with Crippen molar-refractivity contribution in [2.24, 2.45) is 0 Å². The van der Waals surface area contributed by atoms with Gasteiger partial charge in [-0.2, -0.15) is 0 Å². The van der Waals surface area contributed by atoms with Crippen LogP contribution in [0.25, 0.3) is 11.0 Å². The molecule has 0 unspecified atom stereocenters. The van der Waals surface area contributed by atoms with Crippen molar-refractivity contribution >= 4 is 44.2 Å². The van der Waals surface area contributed by atoms with Crippen molar-refractivity contribution in [3.05, 3.63) is 60.0 Å². The number of nitrogens with zero attached hydrogens (tertiary/aromatic N) is 2. The molecule has 0 aliphatic rings. The van der Waals surface area contributed by atoms with E-state index in [1.54, 1.807) is 23.6 Å². The van der Waals surface area contributed by atoms with Gasteiger partial charge in [-0.15, -0.1) is 11.3 Å². The third-order valence-corrected chi connectivity index (χ3v) is 4.86. The highest BCUT2D eigenvalue weighted by molar-refractivity contribution is 9.10. The summed E-state index contributed by atoms with van der Waals surface area (Å²) in [7, 11) is 0. The quantitative estimate of drug-likeness (QED) is 0.697. The van der Waals surface area contributed by atoms with Crippen molar-refractivity contribution in [1.29, 1.82) is 0 Å². The standard InChI is InChI=1S/C14H11BrN4O3S/c15-8-6-10(23-7-8)12(20)17-4-5-19-13(21)9-2-1-3-16-11(9)18-14(19)22/h1-3,6-7H,4-5H2,(H,17,20)(H,16,18,22). The number of carbonyl (C=O) groups is 1. The van der Waals surface area contributed by atoms with Crippen LogP contribution in [0.1, 0.15) is 9.67 Å². The van der Waals surface area contributed by atoms with E-state index in [4.69, 9.17) is 0 Å². The maximum absolute atomic E-state index is 12.3. The zero-order valence-corrected chi connectivity index (χ0v) is 14.1. The fraction of sp³-hybridized carbons (Fsp3) is 0.143. The molecule has 0 radical (unpaired) electrons. The molecule has 0 fully saturated rings. The van der Waals surface area contributed by atoms with Gasteiger partial charge in [-0.25, -0.2) is 9.78 Å². The number of pyridine rings is 1. The molecule has 118 valence electrons. The SMILES string of the molecule is O=C(NCCn1c(=O)[nH]c2ncccc2c1=O)c1cc(Br)cs1. The van der Waals surface area contributed by atoms with Crippen LogP contribution in [0.5, 0.6) is 0 Å². The van der Waals surface area contributed by atoms with Gasteiger partial charge in [-0.05, 0) is 34.1 Å². The van der Waals surface area contributed by atoms with Crippen molar-refractivity contribution in [2.75, 3.05) is 6.54 Å². The molecule has 3 heterocycles. The molecule has 0 aliphatic heterocycles. The average molecular weight is 395 g/mol.